The molecule has 4 aliphatic rings. The van der Waals surface area contributed by atoms with Crippen molar-refractivity contribution >= 4 is 48.6 Å². The van der Waals surface area contributed by atoms with Gasteiger partial charge >= 0.3 is 0 Å². The van der Waals surface area contributed by atoms with Crippen molar-refractivity contribution in [1.29, 1.82) is 0 Å². The van der Waals surface area contributed by atoms with E-state index >= 15 is 0 Å². The maximum absolute atomic E-state index is 14.0. The molecule has 1 aromatic rings. The molecule has 5 rings (SSSR count). The summed E-state index contributed by atoms with van der Waals surface area (Å²) in [4.78, 5) is 31.6. The van der Waals surface area contributed by atoms with Crippen molar-refractivity contribution in [2.45, 2.75) is 84.3 Å². The van der Waals surface area contributed by atoms with Crippen LogP contribution in [0.15, 0.2) is 58.7 Å². The SMILES string of the molecule is CCN(CC)C1=CC(=O)C(=C2C(=O)C(c3ccc(N(CC)CC)cc3NS(=O)(=O)CC3CCCC3)=C2O)C(NS(=O)(=O)C2CCCC2)=C1. The molecule has 0 spiro atoms. The Bertz CT molecular complexity index is 1790. The lowest BCUT2D eigenvalue weighted by Crippen LogP contribution is -2.37. The Labute approximate surface area is 284 Å². The Morgan fingerprint density at radius 3 is 1.96 bits per heavy atom. The first kappa shape index (κ1) is 35.7. The van der Waals surface area contributed by atoms with Crippen molar-refractivity contribution in [3.8, 4) is 0 Å². The van der Waals surface area contributed by atoms with E-state index in [0.717, 1.165) is 44.2 Å². The lowest BCUT2D eigenvalue weighted by molar-refractivity contribution is -0.114. The third-order valence-corrected chi connectivity index (χ3v) is 13.3. The average molecular weight is 701 g/mol. The van der Waals surface area contributed by atoms with Crippen molar-refractivity contribution in [3.63, 3.8) is 0 Å². The number of ketones is 2. The molecule has 2 saturated carbocycles. The Morgan fingerprint density at radius 1 is 0.771 bits per heavy atom. The Morgan fingerprint density at radius 2 is 1.38 bits per heavy atom. The standard InChI is InChI=1S/C35H48N4O7S2/c1-5-38(6-2)24-17-18-27(28(19-24)36-47(43,44)22-23-13-9-10-14-23)31-34(41)33(35(31)42)32-29(37-48(45,46)26-15-11-12-16-26)20-25(21-30(32)40)39(7-3)8-4/h17-21,23,26,36-37,41H,5-16,22H2,1-4H3. The molecule has 0 unspecified atom stereocenters. The van der Waals surface area contributed by atoms with Crippen LogP contribution in [0.1, 0.15) is 84.6 Å². The van der Waals surface area contributed by atoms with Crippen molar-refractivity contribution in [3.05, 3.63) is 64.2 Å². The minimum absolute atomic E-state index is 0.0405. The molecule has 0 aromatic heterocycles. The van der Waals surface area contributed by atoms with E-state index in [2.05, 4.69) is 9.44 Å². The lowest BCUT2D eigenvalue weighted by atomic mass is 9.78. The Kier molecular flexibility index (Phi) is 10.8. The van der Waals surface area contributed by atoms with Crippen LogP contribution in [0.5, 0.6) is 0 Å². The summed E-state index contributed by atoms with van der Waals surface area (Å²) in [5.74, 6) is -1.75. The Hall–Kier alpha value is -3.58. The van der Waals surface area contributed by atoms with Gasteiger partial charge in [0.1, 0.15) is 5.76 Å². The second-order valence-electron chi connectivity index (χ2n) is 13.0. The molecular formula is C35H48N4O7S2. The van der Waals surface area contributed by atoms with E-state index in [4.69, 9.17) is 0 Å². The fourth-order valence-electron chi connectivity index (χ4n) is 7.35. The second kappa shape index (κ2) is 14.5. The second-order valence-corrected chi connectivity index (χ2v) is 16.7. The molecule has 0 atom stereocenters. The minimum Gasteiger partial charge on any atom is -0.506 e. The van der Waals surface area contributed by atoms with Gasteiger partial charge in [-0.05, 0) is 83.6 Å². The maximum atomic E-state index is 14.0. The number of allylic oxidation sites excluding steroid dienone is 5. The number of carbonyl (C=O) groups excluding carboxylic acids is 2. The maximum Gasteiger partial charge on any atom is 0.235 e. The van der Waals surface area contributed by atoms with E-state index in [1.165, 1.54) is 6.08 Å². The minimum atomic E-state index is -3.89. The number of anilines is 2. The quantitative estimate of drug-likeness (QED) is 0.223. The Balaban J connectivity index is 1.60. The van der Waals surface area contributed by atoms with Crippen LogP contribution in [0.3, 0.4) is 0 Å². The molecule has 0 radical (unpaired) electrons. The van der Waals surface area contributed by atoms with Gasteiger partial charge in [0.05, 0.1) is 39.1 Å². The average Bonchev–Trinajstić information content (AvgIpc) is 3.76. The first-order valence-corrected chi connectivity index (χ1v) is 20.4. The lowest BCUT2D eigenvalue weighted by Gasteiger charge is -2.31. The summed E-state index contributed by atoms with van der Waals surface area (Å²) in [7, 11) is -7.69. The van der Waals surface area contributed by atoms with Crippen LogP contribution < -0.4 is 14.3 Å². The van der Waals surface area contributed by atoms with Gasteiger partial charge in [-0.25, -0.2) is 16.8 Å². The fraction of sp³-hybridized carbons (Fsp3) is 0.543. The van der Waals surface area contributed by atoms with E-state index < -0.39 is 42.6 Å². The van der Waals surface area contributed by atoms with Gasteiger partial charge < -0.3 is 14.9 Å². The van der Waals surface area contributed by atoms with E-state index in [1.54, 1.807) is 24.3 Å². The number of aliphatic hydroxyl groups excluding tert-OH is 1. The molecule has 0 saturated heterocycles. The van der Waals surface area contributed by atoms with E-state index in [-0.39, 0.29) is 45.3 Å². The predicted molar refractivity (Wildman–Crippen MR) is 189 cm³/mol. The van der Waals surface area contributed by atoms with Crippen LogP contribution in [-0.4, -0.2) is 75.6 Å². The highest BCUT2D eigenvalue weighted by Crippen LogP contribution is 2.44. The van der Waals surface area contributed by atoms with Gasteiger partial charge in [-0.15, -0.1) is 0 Å². The molecule has 13 heteroatoms. The van der Waals surface area contributed by atoms with Crippen molar-refractivity contribution < 1.29 is 31.5 Å². The normalized spacial score (nSPS) is 20.9. The zero-order valence-corrected chi connectivity index (χ0v) is 30.0. The number of sulfonamides is 2. The number of carbonyl (C=O) groups is 2. The number of benzene rings is 1. The van der Waals surface area contributed by atoms with E-state index in [1.807, 2.05) is 37.5 Å². The van der Waals surface area contributed by atoms with Gasteiger partial charge in [-0.1, -0.05) is 25.7 Å². The number of likely N-dealkylation sites (N-methyl/N-ethyl adjacent to an activating group) is 1. The van der Waals surface area contributed by atoms with Gasteiger partial charge in [0.2, 0.25) is 25.8 Å². The molecule has 0 aliphatic heterocycles. The topological polar surface area (TPSA) is 153 Å². The monoisotopic (exact) mass is 700 g/mol. The number of aliphatic hydroxyl groups is 1. The number of hydrogen-bond donors (Lipinski definition) is 3. The summed E-state index contributed by atoms with van der Waals surface area (Å²) < 4.78 is 58.9. The van der Waals surface area contributed by atoms with Crippen LogP contribution in [-0.2, 0) is 29.6 Å². The van der Waals surface area contributed by atoms with Crippen LogP contribution in [0.2, 0.25) is 0 Å². The van der Waals surface area contributed by atoms with Gasteiger partial charge in [0.25, 0.3) is 0 Å². The van der Waals surface area contributed by atoms with Crippen LogP contribution in [0, 0.1) is 5.92 Å². The molecule has 48 heavy (non-hydrogen) atoms. The van der Waals surface area contributed by atoms with Gasteiger partial charge in [0, 0.05) is 49.2 Å². The molecule has 2 fully saturated rings. The van der Waals surface area contributed by atoms with Gasteiger partial charge in [0.15, 0.2) is 5.78 Å². The first-order valence-electron chi connectivity index (χ1n) is 17.2. The third kappa shape index (κ3) is 7.22. The van der Waals surface area contributed by atoms with E-state index in [9.17, 15) is 31.5 Å². The molecular weight excluding hydrogens is 653 g/mol. The molecule has 0 bridgehead atoms. The fourth-order valence-corrected chi connectivity index (χ4v) is 10.5. The predicted octanol–water partition coefficient (Wildman–Crippen LogP) is 5.17. The van der Waals surface area contributed by atoms with Gasteiger partial charge in [-0.2, -0.15) is 0 Å². The number of hydrogen-bond acceptors (Lipinski definition) is 9. The van der Waals surface area contributed by atoms with Crippen molar-refractivity contribution in [1.82, 2.24) is 9.62 Å². The summed E-state index contributed by atoms with van der Waals surface area (Å²) in [5.41, 5.74) is 0.890. The first-order chi connectivity index (χ1) is 22.8. The highest BCUT2D eigenvalue weighted by molar-refractivity contribution is 7.92. The summed E-state index contributed by atoms with van der Waals surface area (Å²) in [6.07, 6.45) is 9.13. The summed E-state index contributed by atoms with van der Waals surface area (Å²) in [6, 6.07) is 5.04. The zero-order valence-electron chi connectivity index (χ0n) is 28.3. The molecule has 3 N–H and O–H groups in total. The number of nitrogens with one attached hydrogen (secondary N) is 2. The zero-order chi connectivity index (χ0) is 34.8. The molecule has 0 heterocycles. The number of rotatable bonds is 14. The summed E-state index contributed by atoms with van der Waals surface area (Å²) in [5, 5.41) is 10.9. The smallest absolute Gasteiger partial charge is 0.235 e. The van der Waals surface area contributed by atoms with Crippen LogP contribution in [0.25, 0.3) is 5.57 Å². The largest absolute Gasteiger partial charge is 0.506 e. The van der Waals surface area contributed by atoms with Crippen molar-refractivity contribution in [2.24, 2.45) is 5.92 Å². The molecule has 262 valence electrons. The highest BCUT2D eigenvalue weighted by atomic mass is 32.2. The molecule has 4 aliphatic carbocycles. The van der Waals surface area contributed by atoms with Crippen molar-refractivity contribution in [2.75, 3.05) is 41.6 Å². The molecule has 0 amide bonds. The van der Waals surface area contributed by atoms with Crippen LogP contribution >= 0.6 is 0 Å². The number of Topliss-reactive ketones (excluding diaryl/α,β-unsaturated/α-hetero) is 1. The van der Waals surface area contributed by atoms with Gasteiger partial charge in [-0.3, -0.25) is 19.0 Å². The summed E-state index contributed by atoms with van der Waals surface area (Å²) >= 11 is 0. The number of nitrogens with zero attached hydrogens (tertiary/aromatic N) is 2. The molecule has 1 aromatic carbocycles. The highest BCUT2D eigenvalue weighted by Gasteiger charge is 2.43. The van der Waals surface area contributed by atoms with E-state index in [0.29, 0.717) is 44.7 Å². The summed E-state index contributed by atoms with van der Waals surface area (Å²) in [6.45, 7) is 10.3. The third-order valence-electron chi connectivity index (χ3n) is 9.98. The van der Waals surface area contributed by atoms with Crippen LogP contribution in [0.4, 0.5) is 11.4 Å². The molecule has 11 nitrogen and oxygen atoms in total.